The number of fused-ring (bicyclic) bond motifs is 1. The van der Waals surface area contributed by atoms with Crippen LogP contribution in [0.1, 0.15) is 85.0 Å². The van der Waals surface area contributed by atoms with E-state index in [-0.39, 0.29) is 37.6 Å². The van der Waals surface area contributed by atoms with Crippen LogP contribution in [-0.4, -0.2) is 102 Å². The Hall–Kier alpha value is -4.82. The molecule has 59 heavy (non-hydrogen) atoms. The zero-order valence-corrected chi connectivity index (χ0v) is 35.3. The van der Waals surface area contributed by atoms with Crippen molar-refractivity contribution in [2.75, 3.05) is 26.7 Å². The number of carbonyl (C=O) groups excluding carboxylic acids is 4. The van der Waals surface area contributed by atoms with Gasteiger partial charge in [0.15, 0.2) is 0 Å². The fourth-order valence-corrected chi connectivity index (χ4v) is 9.89. The van der Waals surface area contributed by atoms with Crippen LogP contribution in [0.25, 0.3) is 22.2 Å². The van der Waals surface area contributed by atoms with E-state index in [1.54, 1.807) is 13.2 Å². The molecule has 2 saturated heterocycles. The summed E-state index contributed by atoms with van der Waals surface area (Å²) in [6.45, 7) is 11.0. The van der Waals surface area contributed by atoms with Crippen LogP contribution < -0.4 is 14.8 Å². The van der Waals surface area contributed by atoms with Crippen LogP contribution in [0.5, 0.6) is 11.5 Å². The highest BCUT2D eigenvalue weighted by molar-refractivity contribution is 7.77. The first kappa shape index (κ1) is 42.3. The van der Waals surface area contributed by atoms with Gasteiger partial charge in [0.25, 0.3) is 5.91 Å². The van der Waals surface area contributed by atoms with Crippen LogP contribution in [-0.2, 0) is 30.4 Å². The third kappa shape index (κ3) is 8.89. The second-order valence-electron chi connectivity index (χ2n) is 17.6. The first-order valence-corrected chi connectivity index (χ1v) is 21.9. The quantitative estimate of drug-likeness (QED) is 0.162. The Balaban J connectivity index is 1.23. The molecule has 4 amide bonds. The van der Waals surface area contributed by atoms with Crippen molar-refractivity contribution in [3.05, 3.63) is 67.3 Å². The second-order valence-corrected chi connectivity index (χ2v) is 18.4. The highest BCUT2D eigenvalue weighted by Crippen LogP contribution is 2.47. The van der Waals surface area contributed by atoms with E-state index in [9.17, 15) is 27.9 Å². The van der Waals surface area contributed by atoms with Gasteiger partial charge in [0.2, 0.25) is 17.7 Å². The molecule has 7 rings (SSSR count). The van der Waals surface area contributed by atoms with Gasteiger partial charge in [-0.2, -0.15) is 0 Å². The minimum absolute atomic E-state index is 0.0113. The summed E-state index contributed by atoms with van der Waals surface area (Å²) in [6.07, 6.45) is 6.76. The van der Waals surface area contributed by atoms with Gasteiger partial charge in [-0.25, -0.2) is 4.98 Å². The fraction of sp³-hybridized carbons (Fsp3) is 0.533. The molecule has 14 heteroatoms. The summed E-state index contributed by atoms with van der Waals surface area (Å²) in [5.41, 5.74) is 0.00812. The number of carbonyl (C=O) groups is 4. The molecule has 2 aliphatic heterocycles. The van der Waals surface area contributed by atoms with Crippen molar-refractivity contribution in [1.82, 2.24) is 24.4 Å². The summed E-state index contributed by atoms with van der Waals surface area (Å²) in [5, 5.41) is 3.67. The standard InChI is InChI=1S/C45H57N5O8S/c1-6-30-27-45(30,43(54)50(59(55)56)31-17-11-12-18-31)47-41(52)38-24-33(28-49(38)42(53)35(44(2,3)4)25-40(51)48-21-13-8-14-22-48)58-39-26-36(29-15-9-7-10-16-29)46-37-23-32(57-5)19-20-34(37)39/h6-7,9-10,15-16,19-20,23,26,30-31,33,35,38H,1,8,11-14,17-18,21-22,24-25,27-28H2,2-5H3,(H,47,52)(H,55,56)/p-1/t30-,33-,35-,38+,45-/m1/s1. The van der Waals surface area contributed by atoms with Crippen molar-refractivity contribution in [3.8, 4) is 22.8 Å². The van der Waals surface area contributed by atoms with Gasteiger partial charge in [0.05, 0.1) is 42.0 Å². The minimum Gasteiger partial charge on any atom is -0.755 e. The van der Waals surface area contributed by atoms with Crippen molar-refractivity contribution in [3.63, 3.8) is 0 Å². The van der Waals surface area contributed by atoms with Crippen molar-refractivity contribution in [2.24, 2.45) is 17.3 Å². The number of nitrogens with zero attached hydrogens (tertiary/aromatic N) is 4. The first-order chi connectivity index (χ1) is 28.2. The molecule has 316 valence electrons. The normalized spacial score (nSPS) is 24.3. The van der Waals surface area contributed by atoms with Gasteiger partial charge >= 0.3 is 0 Å². The summed E-state index contributed by atoms with van der Waals surface area (Å²) < 4.78 is 38.3. The van der Waals surface area contributed by atoms with Gasteiger partial charge in [0.1, 0.15) is 29.2 Å². The summed E-state index contributed by atoms with van der Waals surface area (Å²) in [7, 11) is 1.59. The van der Waals surface area contributed by atoms with Crippen molar-refractivity contribution >= 4 is 45.8 Å². The molecule has 1 aromatic heterocycles. The number of ether oxygens (including phenoxy) is 2. The maximum Gasteiger partial charge on any atom is 0.260 e. The molecule has 0 spiro atoms. The number of pyridine rings is 1. The smallest absolute Gasteiger partial charge is 0.260 e. The molecule has 0 radical (unpaired) electrons. The third-order valence-corrected chi connectivity index (χ3v) is 13.5. The number of hydrogen-bond donors (Lipinski definition) is 1. The monoisotopic (exact) mass is 826 g/mol. The Labute approximate surface area is 349 Å². The van der Waals surface area contributed by atoms with Gasteiger partial charge in [-0.15, -0.1) is 6.58 Å². The van der Waals surface area contributed by atoms with Crippen LogP contribution in [0.4, 0.5) is 0 Å². The molecule has 13 nitrogen and oxygen atoms in total. The number of piperidine rings is 1. The fourth-order valence-electron chi connectivity index (χ4n) is 9.13. The predicted octanol–water partition coefficient (Wildman–Crippen LogP) is 5.95. The number of benzene rings is 2. The molecule has 6 atom stereocenters. The van der Waals surface area contributed by atoms with Crippen molar-refractivity contribution < 1.29 is 37.4 Å². The lowest BCUT2D eigenvalue weighted by atomic mass is 9.77. The number of aromatic nitrogens is 1. The van der Waals surface area contributed by atoms with E-state index in [1.165, 1.54) is 4.90 Å². The Morgan fingerprint density at radius 3 is 2.39 bits per heavy atom. The average molecular weight is 827 g/mol. The zero-order chi connectivity index (χ0) is 42.1. The number of methoxy groups -OCH3 is 1. The van der Waals surface area contributed by atoms with E-state index in [0.29, 0.717) is 54.0 Å². The molecule has 4 fully saturated rings. The molecule has 2 aromatic carbocycles. The van der Waals surface area contributed by atoms with Crippen LogP contribution in [0, 0.1) is 17.3 Å². The van der Waals surface area contributed by atoms with E-state index >= 15 is 0 Å². The maximum atomic E-state index is 15.0. The minimum atomic E-state index is -2.85. The molecule has 3 aromatic rings. The second kappa shape index (κ2) is 17.4. The summed E-state index contributed by atoms with van der Waals surface area (Å²) in [5.74, 6) is -1.85. The molecule has 1 unspecified atom stereocenters. The lowest BCUT2D eigenvalue weighted by Gasteiger charge is -2.37. The van der Waals surface area contributed by atoms with E-state index in [2.05, 4.69) is 11.9 Å². The van der Waals surface area contributed by atoms with Gasteiger partial charge in [-0.05, 0) is 56.1 Å². The predicted molar refractivity (Wildman–Crippen MR) is 223 cm³/mol. The number of rotatable bonds is 13. The van der Waals surface area contributed by atoms with E-state index in [4.69, 9.17) is 14.5 Å². The van der Waals surface area contributed by atoms with E-state index in [0.717, 1.165) is 42.0 Å². The average Bonchev–Trinajstić information content (AvgIpc) is 3.49. The number of nitrogens with one attached hydrogen (secondary N) is 1. The van der Waals surface area contributed by atoms with Crippen LogP contribution in [0.15, 0.2) is 67.3 Å². The highest BCUT2D eigenvalue weighted by atomic mass is 32.2. The third-order valence-electron chi connectivity index (χ3n) is 12.7. The lowest BCUT2D eigenvalue weighted by Crippen LogP contribution is -2.58. The van der Waals surface area contributed by atoms with E-state index < -0.39 is 64.1 Å². The van der Waals surface area contributed by atoms with Crippen molar-refractivity contribution in [2.45, 2.75) is 109 Å². The summed E-state index contributed by atoms with van der Waals surface area (Å²) >= 11 is -2.85. The van der Waals surface area contributed by atoms with Gasteiger partial charge in [0, 0.05) is 61.0 Å². The summed E-state index contributed by atoms with van der Waals surface area (Å²) in [6, 6.07) is 15.5. The molecule has 3 heterocycles. The molecular weight excluding hydrogens is 771 g/mol. The number of likely N-dealkylation sites (tertiary alicyclic amines) is 2. The SMILES string of the molecule is C=C[C@@H]1C[C@]1(NC(=O)[C@@H]1C[C@@H](Oc2cc(-c3ccccc3)nc3cc(OC)ccc23)CN1C(=O)[C@@H](CC(=O)N1CCCCC1)C(C)(C)C)C(=O)N(C1CCCC1)S(=O)[O-]. The van der Waals surface area contributed by atoms with Gasteiger partial charge < -0.3 is 29.1 Å². The van der Waals surface area contributed by atoms with E-state index in [1.807, 2.05) is 80.3 Å². The molecule has 2 saturated carbocycles. The van der Waals surface area contributed by atoms with Gasteiger partial charge in [-0.1, -0.05) is 70.0 Å². The summed E-state index contributed by atoms with van der Waals surface area (Å²) in [4.78, 5) is 65.9. The maximum absolute atomic E-state index is 15.0. The lowest BCUT2D eigenvalue weighted by molar-refractivity contribution is -0.149. The zero-order valence-electron chi connectivity index (χ0n) is 34.5. The first-order valence-electron chi connectivity index (χ1n) is 20.9. The highest BCUT2D eigenvalue weighted by Gasteiger charge is 2.63. The Morgan fingerprint density at radius 2 is 1.76 bits per heavy atom. The number of amides is 4. The van der Waals surface area contributed by atoms with Gasteiger partial charge in [-0.3, -0.25) is 27.7 Å². The molecule has 1 N–H and O–H groups in total. The van der Waals surface area contributed by atoms with Crippen LogP contribution in [0.3, 0.4) is 0 Å². The topological polar surface area (TPSA) is 162 Å². The molecular formula is C45H56N5O8S-. The number of hydrogen-bond acceptors (Lipinski definition) is 9. The molecule has 0 bridgehead atoms. The van der Waals surface area contributed by atoms with Crippen LogP contribution in [0.2, 0.25) is 0 Å². The molecule has 2 aliphatic carbocycles. The Bertz CT molecular complexity index is 2100. The Morgan fingerprint density at radius 1 is 1.05 bits per heavy atom. The Kier molecular flexibility index (Phi) is 12.5. The van der Waals surface area contributed by atoms with Crippen molar-refractivity contribution in [1.29, 1.82) is 0 Å². The molecule has 4 aliphatic rings. The largest absolute Gasteiger partial charge is 0.755 e. The van der Waals surface area contributed by atoms with Crippen LogP contribution >= 0.6 is 0 Å².